The molecular weight excluding hydrogens is 282 g/mol. The highest BCUT2D eigenvalue weighted by Crippen LogP contribution is 2.27. The van der Waals surface area contributed by atoms with Gasteiger partial charge in [0.05, 0.1) is 6.10 Å². The highest BCUT2D eigenvalue weighted by Gasteiger charge is 2.26. The third-order valence-corrected chi connectivity index (χ3v) is 4.31. The lowest BCUT2D eigenvalue weighted by atomic mass is 10.1. The van der Waals surface area contributed by atoms with E-state index in [2.05, 4.69) is 6.92 Å². The number of esters is 1. The number of alkyl halides is 2. The van der Waals surface area contributed by atoms with Gasteiger partial charge in [-0.25, -0.2) is 8.78 Å². The van der Waals surface area contributed by atoms with Gasteiger partial charge in [-0.15, -0.1) is 11.8 Å². The van der Waals surface area contributed by atoms with E-state index in [1.165, 1.54) is 18.7 Å². The Labute approximate surface area is 126 Å². The minimum atomic E-state index is -2.57. The standard InChI is InChI=1S/C15H28F2O2S/c1-5-7-9-13(14(18)19-12(3)4)20-11-8-10-15(16,17)6-2/h12-13H,5-11H2,1-4H3. The number of halogens is 2. The van der Waals surface area contributed by atoms with Crippen molar-refractivity contribution in [2.45, 2.75) is 83.5 Å². The highest BCUT2D eigenvalue weighted by molar-refractivity contribution is 8.00. The number of carbonyl (C=O) groups excluding carboxylic acids is 1. The fourth-order valence-electron chi connectivity index (χ4n) is 1.70. The van der Waals surface area contributed by atoms with E-state index in [0.29, 0.717) is 12.2 Å². The molecule has 20 heavy (non-hydrogen) atoms. The summed E-state index contributed by atoms with van der Waals surface area (Å²) in [4.78, 5) is 11.9. The average Bonchev–Trinajstić information content (AvgIpc) is 2.36. The van der Waals surface area contributed by atoms with Crippen LogP contribution in [-0.4, -0.2) is 29.0 Å². The summed E-state index contributed by atoms with van der Waals surface area (Å²) in [6, 6.07) is 0. The molecule has 0 amide bonds. The molecule has 0 spiro atoms. The van der Waals surface area contributed by atoms with Gasteiger partial charge in [0.2, 0.25) is 5.92 Å². The Kier molecular flexibility index (Phi) is 10.2. The molecule has 0 N–H and O–H groups in total. The second-order valence-corrected chi connectivity index (χ2v) is 6.61. The maximum atomic E-state index is 13.1. The zero-order chi connectivity index (χ0) is 15.6. The van der Waals surface area contributed by atoms with Crippen molar-refractivity contribution in [2.24, 2.45) is 0 Å². The third kappa shape index (κ3) is 9.56. The van der Waals surface area contributed by atoms with Gasteiger partial charge in [0.25, 0.3) is 0 Å². The van der Waals surface area contributed by atoms with E-state index in [4.69, 9.17) is 4.74 Å². The average molecular weight is 310 g/mol. The van der Waals surface area contributed by atoms with E-state index in [-0.39, 0.29) is 30.2 Å². The lowest BCUT2D eigenvalue weighted by Crippen LogP contribution is -2.24. The molecule has 5 heteroatoms. The van der Waals surface area contributed by atoms with Crippen LogP contribution in [0.4, 0.5) is 8.78 Å². The van der Waals surface area contributed by atoms with Gasteiger partial charge < -0.3 is 4.74 Å². The van der Waals surface area contributed by atoms with Crippen LogP contribution in [0.2, 0.25) is 0 Å². The van der Waals surface area contributed by atoms with Gasteiger partial charge in [0.15, 0.2) is 0 Å². The quantitative estimate of drug-likeness (QED) is 0.394. The molecule has 0 aromatic heterocycles. The second-order valence-electron chi connectivity index (χ2n) is 5.30. The fraction of sp³-hybridized carbons (Fsp3) is 0.933. The molecule has 0 saturated carbocycles. The van der Waals surface area contributed by atoms with E-state index in [0.717, 1.165) is 19.3 Å². The molecule has 0 aliphatic heterocycles. The van der Waals surface area contributed by atoms with Crippen LogP contribution in [0.25, 0.3) is 0 Å². The molecule has 0 saturated heterocycles. The Hall–Kier alpha value is -0.320. The van der Waals surface area contributed by atoms with E-state index >= 15 is 0 Å². The molecule has 0 rings (SSSR count). The van der Waals surface area contributed by atoms with Crippen LogP contribution in [0.1, 0.15) is 66.2 Å². The summed E-state index contributed by atoms with van der Waals surface area (Å²) in [6.45, 7) is 7.21. The number of rotatable bonds is 11. The third-order valence-electron chi connectivity index (χ3n) is 2.96. The Morgan fingerprint density at radius 3 is 2.40 bits per heavy atom. The topological polar surface area (TPSA) is 26.3 Å². The van der Waals surface area contributed by atoms with Crippen LogP contribution in [0.5, 0.6) is 0 Å². The van der Waals surface area contributed by atoms with Crippen molar-refractivity contribution >= 4 is 17.7 Å². The van der Waals surface area contributed by atoms with Gasteiger partial charge in [-0.3, -0.25) is 4.79 Å². The van der Waals surface area contributed by atoms with Crippen LogP contribution < -0.4 is 0 Å². The van der Waals surface area contributed by atoms with Crippen molar-refractivity contribution in [1.82, 2.24) is 0 Å². The molecule has 0 bridgehead atoms. The van der Waals surface area contributed by atoms with Crippen molar-refractivity contribution in [3.63, 3.8) is 0 Å². The van der Waals surface area contributed by atoms with Gasteiger partial charge in [-0.2, -0.15) is 0 Å². The molecule has 2 nitrogen and oxygen atoms in total. The first-order chi connectivity index (χ1) is 9.32. The summed E-state index contributed by atoms with van der Waals surface area (Å²) < 4.78 is 31.4. The molecule has 120 valence electrons. The smallest absolute Gasteiger partial charge is 0.319 e. The predicted molar refractivity (Wildman–Crippen MR) is 81.5 cm³/mol. The van der Waals surface area contributed by atoms with Crippen molar-refractivity contribution in [1.29, 1.82) is 0 Å². The Bertz CT molecular complexity index is 271. The zero-order valence-corrected chi connectivity index (χ0v) is 13.9. The van der Waals surface area contributed by atoms with Crippen LogP contribution in [0.15, 0.2) is 0 Å². The molecule has 1 unspecified atom stereocenters. The van der Waals surface area contributed by atoms with E-state index in [1.807, 2.05) is 13.8 Å². The van der Waals surface area contributed by atoms with E-state index < -0.39 is 5.92 Å². The first-order valence-electron chi connectivity index (χ1n) is 7.52. The Balaban J connectivity index is 4.13. The molecule has 0 fully saturated rings. The highest BCUT2D eigenvalue weighted by atomic mass is 32.2. The van der Waals surface area contributed by atoms with Crippen LogP contribution >= 0.6 is 11.8 Å². The Morgan fingerprint density at radius 1 is 1.25 bits per heavy atom. The fourth-order valence-corrected chi connectivity index (χ4v) is 2.82. The lowest BCUT2D eigenvalue weighted by Gasteiger charge is -2.18. The number of unbranched alkanes of at least 4 members (excludes halogenated alkanes) is 1. The summed E-state index contributed by atoms with van der Waals surface area (Å²) in [7, 11) is 0. The summed E-state index contributed by atoms with van der Waals surface area (Å²) in [6.07, 6.45) is 2.81. The van der Waals surface area contributed by atoms with Crippen LogP contribution in [0.3, 0.4) is 0 Å². The summed E-state index contributed by atoms with van der Waals surface area (Å²) in [5.74, 6) is -2.20. The molecule has 1 atom stereocenters. The minimum absolute atomic E-state index is 0.101. The normalized spacial score (nSPS) is 13.6. The summed E-state index contributed by atoms with van der Waals surface area (Å²) in [5, 5.41) is -0.215. The van der Waals surface area contributed by atoms with Gasteiger partial charge in [0.1, 0.15) is 5.25 Å². The van der Waals surface area contributed by atoms with Crippen LogP contribution in [0, 0.1) is 0 Å². The van der Waals surface area contributed by atoms with Gasteiger partial charge in [-0.1, -0.05) is 26.7 Å². The maximum Gasteiger partial charge on any atom is 0.319 e. The molecule has 0 aromatic carbocycles. The van der Waals surface area contributed by atoms with Crippen molar-refractivity contribution in [3.8, 4) is 0 Å². The lowest BCUT2D eigenvalue weighted by molar-refractivity contribution is -0.146. The van der Waals surface area contributed by atoms with Crippen LogP contribution in [-0.2, 0) is 9.53 Å². The van der Waals surface area contributed by atoms with Gasteiger partial charge in [-0.05, 0) is 32.4 Å². The van der Waals surface area contributed by atoms with E-state index in [9.17, 15) is 13.6 Å². The maximum absolute atomic E-state index is 13.1. The largest absolute Gasteiger partial charge is 0.462 e. The van der Waals surface area contributed by atoms with Crippen molar-refractivity contribution in [3.05, 3.63) is 0 Å². The molecule has 0 aliphatic carbocycles. The number of carbonyl (C=O) groups is 1. The summed E-state index contributed by atoms with van der Waals surface area (Å²) in [5.41, 5.74) is 0. The molecule has 0 aromatic rings. The van der Waals surface area contributed by atoms with Gasteiger partial charge >= 0.3 is 5.97 Å². The van der Waals surface area contributed by atoms with Gasteiger partial charge in [0, 0.05) is 12.8 Å². The number of hydrogen-bond donors (Lipinski definition) is 0. The first-order valence-corrected chi connectivity index (χ1v) is 8.57. The zero-order valence-electron chi connectivity index (χ0n) is 13.1. The number of thioether (sulfide) groups is 1. The number of ether oxygens (including phenoxy) is 1. The monoisotopic (exact) mass is 310 g/mol. The summed E-state index contributed by atoms with van der Waals surface area (Å²) >= 11 is 1.45. The Morgan fingerprint density at radius 2 is 1.90 bits per heavy atom. The minimum Gasteiger partial charge on any atom is -0.462 e. The molecular formula is C15H28F2O2S. The molecule has 0 heterocycles. The van der Waals surface area contributed by atoms with E-state index in [1.54, 1.807) is 0 Å². The predicted octanol–water partition coefficient (Wildman–Crippen LogP) is 5.06. The molecule has 0 radical (unpaired) electrons. The SMILES string of the molecule is CCCCC(SCCCC(F)(F)CC)C(=O)OC(C)C. The second kappa shape index (κ2) is 10.4. The first kappa shape index (κ1) is 19.7. The number of hydrogen-bond acceptors (Lipinski definition) is 3. The van der Waals surface area contributed by atoms with Crippen molar-refractivity contribution in [2.75, 3.05) is 5.75 Å². The van der Waals surface area contributed by atoms with Crippen molar-refractivity contribution < 1.29 is 18.3 Å². The molecule has 0 aliphatic rings.